The fraction of sp³-hybridized carbons (Fsp3) is 0.304. The quantitative estimate of drug-likeness (QED) is 0.552. The Balaban J connectivity index is 1.33. The van der Waals surface area contributed by atoms with E-state index in [2.05, 4.69) is 31.7 Å². The average molecular weight is 453 g/mol. The Morgan fingerprint density at radius 3 is 2.97 bits per heavy atom. The number of halogens is 2. The number of anilines is 1. The number of nitrogens with zero attached hydrogens (tertiary/aromatic N) is 4. The zero-order valence-electron chi connectivity index (χ0n) is 17.4. The fourth-order valence-electron chi connectivity index (χ4n) is 3.87. The van der Waals surface area contributed by atoms with Gasteiger partial charge in [-0.15, -0.1) is 11.6 Å². The standard InChI is InChI=1S/C23H22ClFN6O/c1-31-20-12-27-18(22(32)28-11-19-14(13-7-8-13)4-3-9-26-19)10-17(20)29-23(31)30-21-15(24)5-2-6-16(21)25/h2-6,9-10,12-13,15,21H,7-8,11H2,1H3,(H,28,32)(H,29,30). The van der Waals surface area contributed by atoms with E-state index >= 15 is 0 Å². The highest BCUT2D eigenvalue weighted by atomic mass is 35.5. The molecule has 3 aromatic heterocycles. The molecule has 5 rings (SSSR count). The van der Waals surface area contributed by atoms with Crippen LogP contribution in [0.2, 0.25) is 0 Å². The molecule has 32 heavy (non-hydrogen) atoms. The summed E-state index contributed by atoms with van der Waals surface area (Å²) in [5.74, 6) is 0.331. The van der Waals surface area contributed by atoms with Gasteiger partial charge < -0.3 is 15.2 Å². The third kappa shape index (κ3) is 3.98. The van der Waals surface area contributed by atoms with Crippen LogP contribution < -0.4 is 10.6 Å². The number of nitrogens with one attached hydrogen (secondary N) is 2. The lowest BCUT2D eigenvalue weighted by atomic mass is 10.1. The number of fused-ring (bicyclic) bond motifs is 1. The molecule has 1 amide bonds. The molecule has 7 nitrogen and oxygen atoms in total. The first kappa shape index (κ1) is 20.6. The maximum Gasteiger partial charge on any atom is 0.270 e. The molecule has 0 saturated heterocycles. The van der Waals surface area contributed by atoms with Crippen LogP contribution in [0.15, 0.2) is 54.6 Å². The molecule has 2 N–H and O–H groups in total. The molecule has 3 aromatic rings. The average Bonchev–Trinajstić information content (AvgIpc) is 3.59. The van der Waals surface area contributed by atoms with E-state index in [9.17, 15) is 9.18 Å². The number of carbonyl (C=O) groups excluding carboxylic acids is 1. The lowest BCUT2D eigenvalue weighted by Gasteiger charge is -2.22. The van der Waals surface area contributed by atoms with Crippen molar-refractivity contribution < 1.29 is 9.18 Å². The van der Waals surface area contributed by atoms with Crippen LogP contribution in [0.25, 0.3) is 11.0 Å². The van der Waals surface area contributed by atoms with Crippen LogP contribution >= 0.6 is 11.6 Å². The highest BCUT2D eigenvalue weighted by Gasteiger charge is 2.27. The van der Waals surface area contributed by atoms with Gasteiger partial charge in [-0.05, 0) is 42.5 Å². The highest BCUT2D eigenvalue weighted by Crippen LogP contribution is 2.41. The zero-order chi connectivity index (χ0) is 22.2. The van der Waals surface area contributed by atoms with Crippen LogP contribution in [-0.2, 0) is 13.6 Å². The minimum absolute atomic E-state index is 0.257. The van der Waals surface area contributed by atoms with Gasteiger partial charge in [-0.1, -0.05) is 18.2 Å². The Morgan fingerprint density at radius 1 is 1.34 bits per heavy atom. The van der Waals surface area contributed by atoms with Gasteiger partial charge in [0.05, 0.1) is 34.8 Å². The molecule has 2 aliphatic rings. The SMILES string of the molecule is Cn1c(NC2C(F)=CC=CC2Cl)nc2cc(C(=O)NCc3ncccc3C3CC3)ncc21. The number of rotatable bonds is 6. The summed E-state index contributed by atoms with van der Waals surface area (Å²) in [4.78, 5) is 26.0. The molecule has 1 fully saturated rings. The van der Waals surface area contributed by atoms with Crippen LogP contribution in [0, 0.1) is 0 Å². The first-order chi connectivity index (χ1) is 15.5. The van der Waals surface area contributed by atoms with Crippen LogP contribution in [0.4, 0.5) is 10.3 Å². The van der Waals surface area contributed by atoms with E-state index < -0.39 is 11.4 Å². The second kappa shape index (κ2) is 8.35. The van der Waals surface area contributed by atoms with Gasteiger partial charge >= 0.3 is 0 Å². The lowest BCUT2D eigenvalue weighted by Crippen LogP contribution is -2.32. The predicted octanol–water partition coefficient (Wildman–Crippen LogP) is 3.98. The van der Waals surface area contributed by atoms with Gasteiger partial charge in [0.25, 0.3) is 5.91 Å². The molecule has 0 aromatic carbocycles. The molecular weight excluding hydrogens is 431 g/mol. The summed E-state index contributed by atoms with van der Waals surface area (Å²) < 4.78 is 16.0. The number of aryl methyl sites for hydroxylation is 1. The van der Waals surface area contributed by atoms with E-state index in [-0.39, 0.29) is 17.4 Å². The van der Waals surface area contributed by atoms with Gasteiger partial charge in [-0.3, -0.25) is 9.78 Å². The number of pyridine rings is 2. The van der Waals surface area contributed by atoms with Gasteiger partial charge in [0.2, 0.25) is 5.95 Å². The van der Waals surface area contributed by atoms with Crippen molar-refractivity contribution in [3.8, 4) is 0 Å². The van der Waals surface area contributed by atoms with E-state index in [0.29, 0.717) is 29.4 Å². The summed E-state index contributed by atoms with van der Waals surface area (Å²) in [5, 5.41) is 5.41. The van der Waals surface area contributed by atoms with E-state index in [1.165, 1.54) is 24.5 Å². The van der Waals surface area contributed by atoms with Gasteiger partial charge in [-0.25, -0.2) is 14.4 Å². The number of hydrogen-bond acceptors (Lipinski definition) is 5. The van der Waals surface area contributed by atoms with E-state index in [1.807, 2.05) is 6.07 Å². The predicted molar refractivity (Wildman–Crippen MR) is 121 cm³/mol. The lowest BCUT2D eigenvalue weighted by molar-refractivity contribution is 0.0945. The van der Waals surface area contributed by atoms with Crippen molar-refractivity contribution >= 4 is 34.5 Å². The molecule has 0 aliphatic heterocycles. The van der Waals surface area contributed by atoms with Crippen molar-refractivity contribution in [1.29, 1.82) is 0 Å². The summed E-state index contributed by atoms with van der Waals surface area (Å²) >= 11 is 6.23. The van der Waals surface area contributed by atoms with Crippen LogP contribution in [0.5, 0.6) is 0 Å². The molecule has 1 saturated carbocycles. The second-order valence-corrected chi connectivity index (χ2v) is 8.56. The molecule has 0 radical (unpaired) electrons. The number of carbonyl (C=O) groups is 1. The molecule has 0 bridgehead atoms. The van der Waals surface area contributed by atoms with Gasteiger partial charge in [0.1, 0.15) is 17.6 Å². The van der Waals surface area contributed by atoms with Crippen molar-refractivity contribution in [2.24, 2.45) is 7.05 Å². The number of hydrogen-bond donors (Lipinski definition) is 2. The summed E-state index contributed by atoms with van der Waals surface area (Å²) in [6, 6.07) is 4.91. The minimum atomic E-state index is -0.716. The molecule has 2 unspecified atom stereocenters. The summed E-state index contributed by atoms with van der Waals surface area (Å²) in [5.41, 5.74) is 3.64. The van der Waals surface area contributed by atoms with Crippen molar-refractivity contribution in [2.75, 3.05) is 5.32 Å². The number of allylic oxidation sites excluding steroid dienone is 2. The zero-order valence-corrected chi connectivity index (χ0v) is 18.2. The maximum absolute atomic E-state index is 14.2. The monoisotopic (exact) mass is 452 g/mol. The molecule has 2 aliphatic carbocycles. The van der Waals surface area contributed by atoms with E-state index in [4.69, 9.17) is 11.6 Å². The molecule has 3 heterocycles. The first-order valence-corrected chi connectivity index (χ1v) is 10.9. The smallest absolute Gasteiger partial charge is 0.270 e. The largest absolute Gasteiger partial charge is 0.345 e. The molecule has 0 spiro atoms. The van der Waals surface area contributed by atoms with Gasteiger partial charge in [0, 0.05) is 13.2 Å². The van der Waals surface area contributed by atoms with Crippen molar-refractivity contribution in [2.45, 2.75) is 36.7 Å². The Morgan fingerprint density at radius 2 is 2.19 bits per heavy atom. The fourth-order valence-corrected chi connectivity index (χ4v) is 4.14. The van der Waals surface area contributed by atoms with E-state index in [0.717, 1.165) is 5.69 Å². The Kier molecular flexibility index (Phi) is 5.38. The van der Waals surface area contributed by atoms with Gasteiger partial charge in [0.15, 0.2) is 0 Å². The topological polar surface area (TPSA) is 84.7 Å². The first-order valence-electron chi connectivity index (χ1n) is 10.5. The third-order valence-corrected chi connectivity index (χ3v) is 6.21. The number of amides is 1. The third-order valence-electron chi connectivity index (χ3n) is 5.81. The van der Waals surface area contributed by atoms with Gasteiger partial charge in [-0.2, -0.15) is 0 Å². The van der Waals surface area contributed by atoms with Crippen LogP contribution in [0.1, 0.15) is 40.5 Å². The summed E-state index contributed by atoms with van der Waals surface area (Å²) in [6.07, 6.45) is 10.3. The maximum atomic E-state index is 14.2. The molecule has 2 atom stereocenters. The van der Waals surface area contributed by atoms with Crippen molar-refractivity contribution in [1.82, 2.24) is 24.8 Å². The Labute approximate surface area is 189 Å². The number of alkyl halides is 1. The van der Waals surface area contributed by atoms with Crippen LogP contribution in [-0.4, -0.2) is 36.8 Å². The van der Waals surface area contributed by atoms with E-state index in [1.54, 1.807) is 42.2 Å². The molecule has 164 valence electrons. The van der Waals surface area contributed by atoms with Crippen molar-refractivity contribution in [3.05, 3.63) is 71.6 Å². The number of aromatic nitrogens is 4. The Hall–Kier alpha value is -3.26. The normalized spacial score (nSPS) is 20.3. The van der Waals surface area contributed by atoms with Crippen LogP contribution in [0.3, 0.4) is 0 Å². The minimum Gasteiger partial charge on any atom is -0.345 e. The molecular formula is C23H22ClFN6O. The summed E-state index contributed by atoms with van der Waals surface area (Å²) in [6.45, 7) is 0.345. The second-order valence-electron chi connectivity index (χ2n) is 8.05. The summed E-state index contributed by atoms with van der Waals surface area (Å²) in [7, 11) is 1.79. The number of imidazole rings is 1. The van der Waals surface area contributed by atoms with Crippen molar-refractivity contribution in [3.63, 3.8) is 0 Å². The Bertz CT molecular complexity index is 1250. The highest BCUT2D eigenvalue weighted by molar-refractivity contribution is 6.22. The molecule has 9 heteroatoms.